The molecule has 40 heavy (non-hydrogen) atoms. The Morgan fingerprint density at radius 2 is 1.32 bits per heavy atom. The molecule has 3 amide bonds. The fourth-order valence-corrected chi connectivity index (χ4v) is 5.38. The lowest BCUT2D eigenvalue weighted by Gasteiger charge is -2.39. The number of anilines is 1. The van der Waals surface area contributed by atoms with Crippen molar-refractivity contribution < 1.29 is 14.4 Å². The summed E-state index contributed by atoms with van der Waals surface area (Å²) in [5.41, 5.74) is 2.85. The Bertz CT molecular complexity index is 1310. The fourth-order valence-electron chi connectivity index (χ4n) is 4.86. The number of nitrogens with one attached hydrogen (secondary N) is 1. The normalized spacial score (nSPS) is 13.8. The van der Waals surface area contributed by atoms with Crippen LogP contribution in [0.1, 0.15) is 41.4 Å². The van der Waals surface area contributed by atoms with Gasteiger partial charge in [0, 0.05) is 55.0 Å². The molecule has 1 heterocycles. The molecule has 0 bridgehead atoms. The highest BCUT2D eigenvalue weighted by atomic mass is 35.5. The van der Waals surface area contributed by atoms with Crippen molar-refractivity contribution in [3.8, 4) is 0 Å². The molecule has 1 aliphatic rings. The van der Waals surface area contributed by atoms with Crippen LogP contribution >= 0.6 is 34.8 Å². The van der Waals surface area contributed by atoms with Gasteiger partial charge in [-0.15, -0.1) is 0 Å². The van der Waals surface area contributed by atoms with Crippen LogP contribution in [0.25, 0.3) is 0 Å². The first-order valence-electron chi connectivity index (χ1n) is 13.2. The van der Waals surface area contributed by atoms with Crippen LogP contribution in [0.4, 0.5) is 5.69 Å². The molecule has 0 radical (unpaired) electrons. The maximum atomic E-state index is 13.0. The number of hydrogen-bond donors (Lipinski definition) is 1. The molecule has 210 valence electrons. The Hall–Kier alpha value is -3.10. The molecule has 0 spiro atoms. The van der Waals surface area contributed by atoms with Crippen LogP contribution in [0.5, 0.6) is 0 Å². The monoisotopic (exact) mass is 600 g/mol. The quantitative estimate of drug-likeness (QED) is 0.337. The summed E-state index contributed by atoms with van der Waals surface area (Å²) in [6.07, 6.45) is 0. The average Bonchev–Trinajstić information content (AvgIpc) is 2.96. The van der Waals surface area contributed by atoms with Crippen LogP contribution in [-0.4, -0.2) is 71.7 Å². The van der Waals surface area contributed by atoms with E-state index in [-0.39, 0.29) is 17.0 Å². The number of piperazine rings is 1. The Morgan fingerprint density at radius 1 is 0.800 bits per heavy atom. The van der Waals surface area contributed by atoms with Crippen molar-refractivity contribution in [2.75, 3.05) is 44.6 Å². The second kappa shape index (κ2) is 13.5. The van der Waals surface area contributed by atoms with E-state index in [1.807, 2.05) is 62.4 Å². The zero-order chi connectivity index (χ0) is 28.8. The van der Waals surface area contributed by atoms with Gasteiger partial charge in [-0.2, -0.15) is 0 Å². The van der Waals surface area contributed by atoms with Gasteiger partial charge in [0.05, 0.1) is 16.6 Å². The molecule has 1 N–H and O–H groups in total. The molecule has 1 fully saturated rings. The standard InChI is InChI=1S/C30H31Cl3N4O3/c1-3-35(4-2)29(39)25-14-13-24(19-26(25)33)34-28(38)30(40)37-17-15-36(16-18-37)27(20-5-9-22(31)10-6-20)21-7-11-23(32)12-8-21/h5-14,19,27H,3-4,15-18H2,1-2H3,(H,34,38). The Balaban J connectivity index is 1.41. The lowest BCUT2D eigenvalue weighted by atomic mass is 9.96. The highest BCUT2D eigenvalue weighted by Gasteiger charge is 2.31. The Kier molecular flexibility index (Phi) is 10.1. The third-order valence-corrected chi connectivity index (χ3v) is 7.86. The summed E-state index contributed by atoms with van der Waals surface area (Å²) in [5, 5.41) is 4.15. The SMILES string of the molecule is CCN(CC)C(=O)c1ccc(NC(=O)C(=O)N2CCN(C(c3ccc(Cl)cc3)c3ccc(Cl)cc3)CC2)cc1Cl. The number of hydrogen-bond acceptors (Lipinski definition) is 4. The van der Waals surface area contributed by atoms with Gasteiger partial charge >= 0.3 is 11.8 Å². The molecule has 0 atom stereocenters. The summed E-state index contributed by atoms with van der Waals surface area (Å²) in [6, 6.07) is 20.0. The van der Waals surface area contributed by atoms with Gasteiger partial charge in [0.15, 0.2) is 0 Å². The van der Waals surface area contributed by atoms with Crippen LogP contribution in [0.15, 0.2) is 66.7 Å². The third kappa shape index (κ3) is 6.96. The van der Waals surface area contributed by atoms with Gasteiger partial charge in [0.2, 0.25) is 0 Å². The topological polar surface area (TPSA) is 73.0 Å². The molecule has 3 aromatic rings. The molecule has 0 aromatic heterocycles. The fraction of sp³-hybridized carbons (Fsp3) is 0.300. The smallest absolute Gasteiger partial charge is 0.313 e. The minimum Gasteiger partial charge on any atom is -0.339 e. The molecule has 0 saturated carbocycles. The molecule has 10 heteroatoms. The van der Waals surface area contributed by atoms with Gasteiger partial charge in [0.1, 0.15) is 0 Å². The lowest BCUT2D eigenvalue weighted by Crippen LogP contribution is -2.52. The highest BCUT2D eigenvalue weighted by Crippen LogP contribution is 2.31. The predicted molar refractivity (Wildman–Crippen MR) is 160 cm³/mol. The molecule has 7 nitrogen and oxygen atoms in total. The van der Waals surface area contributed by atoms with Crippen LogP contribution in [-0.2, 0) is 9.59 Å². The predicted octanol–water partition coefficient (Wildman–Crippen LogP) is 6.00. The number of carbonyl (C=O) groups excluding carboxylic acids is 3. The number of rotatable bonds is 7. The maximum absolute atomic E-state index is 13.0. The van der Waals surface area contributed by atoms with Crippen LogP contribution in [0.3, 0.4) is 0 Å². The maximum Gasteiger partial charge on any atom is 0.313 e. The van der Waals surface area contributed by atoms with Crippen LogP contribution < -0.4 is 5.32 Å². The first kappa shape index (κ1) is 29.9. The second-order valence-corrected chi connectivity index (χ2v) is 10.7. The number of nitrogens with zero attached hydrogens (tertiary/aromatic N) is 3. The van der Waals surface area contributed by atoms with E-state index in [0.29, 0.717) is 60.6 Å². The van der Waals surface area contributed by atoms with E-state index in [0.717, 1.165) is 11.1 Å². The Morgan fingerprint density at radius 3 is 1.80 bits per heavy atom. The summed E-state index contributed by atoms with van der Waals surface area (Å²) in [6.45, 7) is 6.84. The van der Waals surface area contributed by atoms with Crippen molar-refractivity contribution in [3.05, 3.63) is 98.5 Å². The molecule has 3 aromatic carbocycles. The van der Waals surface area contributed by atoms with Gasteiger partial charge in [-0.05, 0) is 67.4 Å². The molecule has 1 aliphatic heterocycles. The molecular formula is C30H31Cl3N4O3. The van der Waals surface area contributed by atoms with E-state index in [1.54, 1.807) is 21.9 Å². The van der Waals surface area contributed by atoms with Crippen molar-refractivity contribution in [2.45, 2.75) is 19.9 Å². The largest absolute Gasteiger partial charge is 0.339 e. The Labute approximate surface area is 249 Å². The first-order chi connectivity index (χ1) is 19.2. The van der Waals surface area contributed by atoms with E-state index in [1.165, 1.54) is 6.07 Å². The molecule has 0 unspecified atom stereocenters. The zero-order valence-electron chi connectivity index (χ0n) is 22.4. The van der Waals surface area contributed by atoms with Gasteiger partial charge in [-0.3, -0.25) is 19.3 Å². The van der Waals surface area contributed by atoms with Crippen molar-refractivity contribution in [3.63, 3.8) is 0 Å². The highest BCUT2D eigenvalue weighted by molar-refractivity contribution is 6.40. The van der Waals surface area contributed by atoms with Crippen molar-refractivity contribution >= 4 is 58.2 Å². The molecule has 1 saturated heterocycles. The zero-order valence-corrected chi connectivity index (χ0v) is 24.6. The summed E-state index contributed by atoms with van der Waals surface area (Å²) >= 11 is 18.6. The van der Waals surface area contributed by atoms with Gasteiger partial charge in [0.25, 0.3) is 5.91 Å². The number of benzene rings is 3. The number of amides is 3. The van der Waals surface area contributed by atoms with Crippen molar-refractivity contribution in [2.24, 2.45) is 0 Å². The van der Waals surface area contributed by atoms with Crippen LogP contribution in [0.2, 0.25) is 15.1 Å². The summed E-state index contributed by atoms with van der Waals surface area (Å²) in [5.74, 6) is -1.55. The summed E-state index contributed by atoms with van der Waals surface area (Å²) < 4.78 is 0. The first-order valence-corrected chi connectivity index (χ1v) is 14.3. The van der Waals surface area contributed by atoms with Gasteiger partial charge < -0.3 is 15.1 Å². The van der Waals surface area contributed by atoms with Crippen molar-refractivity contribution in [1.82, 2.24) is 14.7 Å². The van der Waals surface area contributed by atoms with Gasteiger partial charge in [-0.25, -0.2) is 0 Å². The van der Waals surface area contributed by atoms with E-state index in [9.17, 15) is 14.4 Å². The minimum atomic E-state index is -0.751. The van der Waals surface area contributed by atoms with Crippen molar-refractivity contribution in [1.29, 1.82) is 0 Å². The van der Waals surface area contributed by atoms with E-state index >= 15 is 0 Å². The van der Waals surface area contributed by atoms with E-state index in [2.05, 4.69) is 10.2 Å². The minimum absolute atomic E-state index is 0.0553. The average molecular weight is 602 g/mol. The van der Waals surface area contributed by atoms with E-state index < -0.39 is 11.8 Å². The third-order valence-electron chi connectivity index (χ3n) is 7.04. The molecule has 4 rings (SSSR count). The van der Waals surface area contributed by atoms with Crippen LogP contribution in [0, 0.1) is 0 Å². The van der Waals surface area contributed by atoms with Gasteiger partial charge in [-0.1, -0.05) is 59.1 Å². The number of carbonyl (C=O) groups is 3. The summed E-state index contributed by atoms with van der Waals surface area (Å²) in [7, 11) is 0. The molecule has 0 aliphatic carbocycles. The number of halogens is 3. The van der Waals surface area contributed by atoms with E-state index in [4.69, 9.17) is 34.8 Å². The lowest BCUT2D eigenvalue weighted by molar-refractivity contribution is -0.144. The second-order valence-electron chi connectivity index (χ2n) is 9.46. The molecular weight excluding hydrogens is 571 g/mol. The summed E-state index contributed by atoms with van der Waals surface area (Å²) in [4.78, 5) is 43.9.